The van der Waals surface area contributed by atoms with Gasteiger partial charge in [0.1, 0.15) is 28.0 Å². The zero-order valence-electron chi connectivity index (χ0n) is 14.5. The van der Waals surface area contributed by atoms with Crippen molar-refractivity contribution < 1.29 is 18.7 Å². The Balaban J connectivity index is 1.89. The Kier molecular flexibility index (Phi) is 5.18. The number of ether oxygens (including phenoxy) is 2. The number of thiazole rings is 1. The van der Waals surface area contributed by atoms with Gasteiger partial charge in [-0.1, -0.05) is 6.07 Å². The van der Waals surface area contributed by atoms with Crippen molar-refractivity contribution in [2.75, 3.05) is 19.5 Å². The van der Waals surface area contributed by atoms with E-state index in [1.54, 1.807) is 50.4 Å². The first-order chi connectivity index (χ1) is 12.5. The van der Waals surface area contributed by atoms with Crippen LogP contribution in [-0.2, 0) is 0 Å². The number of aryl methyl sites for hydroxylation is 1. The number of carbonyl (C=O) groups is 1. The van der Waals surface area contributed by atoms with Gasteiger partial charge in [-0.05, 0) is 43.3 Å². The topological polar surface area (TPSA) is 60.5 Å². The maximum atomic E-state index is 14.3. The summed E-state index contributed by atoms with van der Waals surface area (Å²) in [4.78, 5) is 17.6. The van der Waals surface area contributed by atoms with Crippen LogP contribution in [0.4, 0.5) is 10.1 Å². The third kappa shape index (κ3) is 3.52. The van der Waals surface area contributed by atoms with Crippen molar-refractivity contribution in [3.05, 3.63) is 58.9 Å². The summed E-state index contributed by atoms with van der Waals surface area (Å²) in [7, 11) is 3.04. The molecular formula is C19H17FN2O3S. The molecule has 1 amide bonds. The Hall–Kier alpha value is -2.93. The number of amides is 1. The molecule has 1 heterocycles. The molecule has 0 aliphatic heterocycles. The second kappa shape index (κ2) is 7.53. The first-order valence-electron chi connectivity index (χ1n) is 7.79. The molecule has 1 aromatic heterocycles. The summed E-state index contributed by atoms with van der Waals surface area (Å²) >= 11 is 1.24. The number of rotatable bonds is 5. The fourth-order valence-corrected chi connectivity index (χ4v) is 3.42. The zero-order valence-corrected chi connectivity index (χ0v) is 15.3. The summed E-state index contributed by atoms with van der Waals surface area (Å²) in [6.45, 7) is 1.78. The van der Waals surface area contributed by atoms with Crippen LogP contribution in [-0.4, -0.2) is 25.1 Å². The molecule has 0 aliphatic carbocycles. The second-order valence-electron chi connectivity index (χ2n) is 5.42. The van der Waals surface area contributed by atoms with Gasteiger partial charge < -0.3 is 14.8 Å². The Morgan fingerprint density at radius 1 is 1.12 bits per heavy atom. The first kappa shape index (κ1) is 17.9. The molecule has 7 heteroatoms. The van der Waals surface area contributed by atoms with Crippen molar-refractivity contribution in [2.24, 2.45) is 0 Å². The highest BCUT2D eigenvalue weighted by atomic mass is 32.1. The van der Waals surface area contributed by atoms with Crippen LogP contribution in [0.3, 0.4) is 0 Å². The molecule has 0 aliphatic rings. The minimum Gasteiger partial charge on any atom is -0.497 e. The average Bonchev–Trinajstić information content (AvgIpc) is 3.03. The van der Waals surface area contributed by atoms with Gasteiger partial charge in [0.05, 0.1) is 19.8 Å². The Morgan fingerprint density at radius 3 is 2.50 bits per heavy atom. The molecule has 3 rings (SSSR count). The van der Waals surface area contributed by atoms with Crippen molar-refractivity contribution in [1.82, 2.24) is 4.98 Å². The molecule has 0 radical (unpaired) electrons. The van der Waals surface area contributed by atoms with E-state index < -0.39 is 5.82 Å². The lowest BCUT2D eigenvalue weighted by molar-refractivity contribution is 0.102. The van der Waals surface area contributed by atoms with E-state index in [2.05, 4.69) is 10.3 Å². The number of nitrogens with one attached hydrogen (secondary N) is 1. The van der Waals surface area contributed by atoms with Crippen molar-refractivity contribution in [1.29, 1.82) is 0 Å². The van der Waals surface area contributed by atoms with Crippen LogP contribution in [0.1, 0.15) is 15.4 Å². The lowest BCUT2D eigenvalue weighted by Gasteiger charge is -2.06. The number of carbonyl (C=O) groups excluding carboxylic acids is 1. The largest absolute Gasteiger partial charge is 0.497 e. The summed E-state index contributed by atoms with van der Waals surface area (Å²) in [5, 5.41) is 3.18. The number of nitrogens with zero attached hydrogens (tertiary/aromatic N) is 1. The number of anilines is 1. The fraction of sp³-hybridized carbons (Fsp3) is 0.158. The van der Waals surface area contributed by atoms with Crippen LogP contribution in [0.15, 0.2) is 42.5 Å². The van der Waals surface area contributed by atoms with Gasteiger partial charge in [-0.25, -0.2) is 9.37 Å². The standard InChI is InChI=1S/C19H17FN2O3S/c1-11-17(18(23)21-12-7-9-13(24-2)10-8-12)22-19(26-11)16-14(20)5-4-6-15(16)25-3/h4-10H,1-3H3,(H,21,23). The summed E-state index contributed by atoms with van der Waals surface area (Å²) in [6, 6.07) is 11.5. The highest BCUT2D eigenvalue weighted by Crippen LogP contribution is 2.36. The maximum absolute atomic E-state index is 14.3. The lowest BCUT2D eigenvalue weighted by atomic mass is 10.2. The number of halogens is 1. The van der Waals surface area contributed by atoms with E-state index in [-0.39, 0.29) is 17.2 Å². The minimum absolute atomic E-state index is 0.256. The molecule has 3 aromatic rings. The third-order valence-electron chi connectivity index (χ3n) is 3.77. The highest BCUT2D eigenvalue weighted by Gasteiger charge is 2.21. The molecule has 0 saturated carbocycles. The molecule has 0 fully saturated rings. The zero-order chi connectivity index (χ0) is 18.7. The molecule has 26 heavy (non-hydrogen) atoms. The van der Waals surface area contributed by atoms with Gasteiger partial charge in [-0.2, -0.15) is 0 Å². The monoisotopic (exact) mass is 372 g/mol. The smallest absolute Gasteiger partial charge is 0.275 e. The molecule has 0 spiro atoms. The predicted octanol–water partition coefficient (Wildman–Crippen LogP) is 4.53. The molecule has 2 aromatic carbocycles. The molecule has 0 atom stereocenters. The molecule has 0 saturated heterocycles. The van der Waals surface area contributed by atoms with E-state index in [9.17, 15) is 9.18 Å². The fourth-order valence-electron chi connectivity index (χ4n) is 2.46. The van der Waals surface area contributed by atoms with E-state index in [1.807, 2.05) is 0 Å². The van der Waals surface area contributed by atoms with Crippen LogP contribution in [0.5, 0.6) is 11.5 Å². The van der Waals surface area contributed by atoms with E-state index in [0.717, 1.165) is 0 Å². The van der Waals surface area contributed by atoms with Gasteiger partial charge in [0.15, 0.2) is 0 Å². The van der Waals surface area contributed by atoms with E-state index in [4.69, 9.17) is 9.47 Å². The van der Waals surface area contributed by atoms with Crippen molar-refractivity contribution in [2.45, 2.75) is 6.92 Å². The van der Waals surface area contributed by atoms with Gasteiger partial charge in [-0.15, -0.1) is 11.3 Å². The van der Waals surface area contributed by atoms with Gasteiger partial charge in [0.25, 0.3) is 5.91 Å². The maximum Gasteiger partial charge on any atom is 0.275 e. The van der Waals surface area contributed by atoms with Crippen LogP contribution in [0.25, 0.3) is 10.6 Å². The quantitative estimate of drug-likeness (QED) is 0.715. The Labute approximate surface area is 154 Å². The molecule has 0 bridgehead atoms. The van der Waals surface area contributed by atoms with Gasteiger partial charge in [0.2, 0.25) is 0 Å². The Bertz CT molecular complexity index is 938. The SMILES string of the molecule is COc1ccc(NC(=O)c2nc(-c3c(F)cccc3OC)sc2C)cc1. The normalized spacial score (nSPS) is 10.5. The lowest BCUT2D eigenvalue weighted by Crippen LogP contribution is -2.13. The summed E-state index contributed by atoms with van der Waals surface area (Å²) < 4.78 is 24.6. The number of hydrogen-bond donors (Lipinski definition) is 1. The van der Waals surface area contributed by atoms with Crippen molar-refractivity contribution >= 4 is 22.9 Å². The number of methoxy groups -OCH3 is 2. The molecule has 134 valence electrons. The second-order valence-corrected chi connectivity index (χ2v) is 6.63. The number of hydrogen-bond acceptors (Lipinski definition) is 5. The van der Waals surface area contributed by atoms with Crippen molar-refractivity contribution in [3.63, 3.8) is 0 Å². The number of benzene rings is 2. The van der Waals surface area contributed by atoms with Crippen LogP contribution in [0, 0.1) is 12.7 Å². The summed E-state index contributed by atoms with van der Waals surface area (Å²) in [5.41, 5.74) is 1.13. The average molecular weight is 372 g/mol. The highest BCUT2D eigenvalue weighted by molar-refractivity contribution is 7.15. The number of aromatic nitrogens is 1. The van der Waals surface area contributed by atoms with Gasteiger partial charge >= 0.3 is 0 Å². The first-order valence-corrected chi connectivity index (χ1v) is 8.61. The molecule has 5 nitrogen and oxygen atoms in total. The van der Waals surface area contributed by atoms with Crippen LogP contribution in [0.2, 0.25) is 0 Å². The Morgan fingerprint density at radius 2 is 1.85 bits per heavy atom. The van der Waals surface area contributed by atoms with Gasteiger partial charge in [0, 0.05) is 10.6 Å². The van der Waals surface area contributed by atoms with E-state index >= 15 is 0 Å². The van der Waals surface area contributed by atoms with E-state index in [0.29, 0.717) is 27.1 Å². The van der Waals surface area contributed by atoms with Crippen LogP contribution >= 0.6 is 11.3 Å². The van der Waals surface area contributed by atoms with Gasteiger partial charge in [-0.3, -0.25) is 4.79 Å². The third-order valence-corrected chi connectivity index (χ3v) is 4.76. The van der Waals surface area contributed by atoms with Crippen molar-refractivity contribution in [3.8, 4) is 22.1 Å². The minimum atomic E-state index is -0.444. The summed E-state index contributed by atoms with van der Waals surface area (Å²) in [6.07, 6.45) is 0. The van der Waals surface area contributed by atoms with E-state index in [1.165, 1.54) is 24.5 Å². The van der Waals surface area contributed by atoms with Crippen LogP contribution < -0.4 is 14.8 Å². The summed E-state index contributed by atoms with van der Waals surface area (Å²) in [5.74, 6) is 0.272. The molecule has 0 unspecified atom stereocenters. The predicted molar refractivity (Wildman–Crippen MR) is 99.7 cm³/mol. The molecular weight excluding hydrogens is 355 g/mol. The molecule has 1 N–H and O–H groups in total.